The summed E-state index contributed by atoms with van der Waals surface area (Å²) in [6.07, 6.45) is 8.17. The van der Waals surface area contributed by atoms with Crippen molar-refractivity contribution in [1.82, 2.24) is 25.6 Å². The molecule has 5 rings (SSSR count). The Labute approximate surface area is 205 Å². The fourth-order valence-corrected chi connectivity index (χ4v) is 7.05. The quantitative estimate of drug-likeness (QED) is 0.568. The van der Waals surface area contributed by atoms with Crippen LogP contribution in [0.25, 0.3) is 16.7 Å². The average molecular weight is 503 g/mol. The molecule has 1 amide bonds. The maximum atomic E-state index is 12.1. The Morgan fingerprint density at radius 1 is 1.26 bits per heavy atom. The number of nitrogens with zero attached hydrogens (tertiary/aromatic N) is 3. The summed E-state index contributed by atoms with van der Waals surface area (Å²) < 4.78 is 25.8. The summed E-state index contributed by atoms with van der Waals surface area (Å²) in [4.78, 5) is 22.9. The smallest absolute Gasteiger partial charge is 0.222 e. The van der Waals surface area contributed by atoms with Crippen LogP contribution in [0.3, 0.4) is 0 Å². The van der Waals surface area contributed by atoms with Crippen LogP contribution in [0.5, 0.6) is 0 Å². The minimum atomic E-state index is -2.96. The summed E-state index contributed by atoms with van der Waals surface area (Å²) in [5, 5.41) is 12.0. The highest BCUT2D eigenvalue weighted by Gasteiger charge is 2.41. The largest absolute Gasteiger partial charge is 0.381 e. The molecule has 2 fully saturated rings. The Kier molecular flexibility index (Phi) is 6.25. The lowest BCUT2D eigenvalue weighted by Crippen LogP contribution is -2.39. The second kappa shape index (κ2) is 9.09. The van der Waals surface area contributed by atoms with Crippen molar-refractivity contribution >= 4 is 38.2 Å². The normalized spacial score (nSPS) is 22.2. The number of carbonyl (C=O) groups excluding carboxylic acids is 1. The molecular weight excluding hydrogens is 468 g/mol. The van der Waals surface area contributed by atoms with Gasteiger partial charge >= 0.3 is 0 Å². The van der Waals surface area contributed by atoms with Crippen molar-refractivity contribution in [3.8, 4) is 0 Å². The van der Waals surface area contributed by atoms with Gasteiger partial charge in [-0.2, -0.15) is 5.10 Å². The van der Waals surface area contributed by atoms with Gasteiger partial charge in [0.15, 0.2) is 5.65 Å². The van der Waals surface area contributed by atoms with Gasteiger partial charge in [0, 0.05) is 37.3 Å². The zero-order valence-corrected chi connectivity index (χ0v) is 21.4. The number of fused-ring (bicyclic) bond motifs is 1. The number of nitrogens with one attached hydrogen (secondary N) is 3. The summed E-state index contributed by atoms with van der Waals surface area (Å²) in [6, 6.07) is 0.0483. The maximum Gasteiger partial charge on any atom is 0.222 e. The van der Waals surface area contributed by atoms with Crippen LogP contribution >= 0.6 is 0 Å². The van der Waals surface area contributed by atoms with Gasteiger partial charge in [0.1, 0.15) is 15.4 Å². The van der Waals surface area contributed by atoms with Gasteiger partial charge in [-0.1, -0.05) is 0 Å². The molecule has 10 nitrogen and oxygen atoms in total. The number of carbonyl (C=O) groups is 1. The van der Waals surface area contributed by atoms with Crippen LogP contribution < -0.4 is 16.1 Å². The Hall–Kier alpha value is -2.66. The van der Waals surface area contributed by atoms with Gasteiger partial charge in [0.2, 0.25) is 5.91 Å². The molecule has 35 heavy (non-hydrogen) atoms. The number of anilines is 1. The molecule has 11 heteroatoms. The van der Waals surface area contributed by atoms with E-state index in [-0.39, 0.29) is 29.4 Å². The average Bonchev–Trinajstić information content (AvgIpc) is 3.41. The molecule has 3 aliphatic rings. The van der Waals surface area contributed by atoms with E-state index >= 15 is 0 Å². The highest BCUT2D eigenvalue weighted by molar-refractivity contribution is 7.91. The van der Waals surface area contributed by atoms with E-state index in [0.717, 1.165) is 59.4 Å². The number of aromatic nitrogens is 3. The Bertz CT molecular complexity index is 1260. The van der Waals surface area contributed by atoms with Gasteiger partial charge in [0.05, 0.1) is 34.0 Å². The highest BCUT2D eigenvalue weighted by Crippen LogP contribution is 2.42. The molecule has 4 heterocycles. The Morgan fingerprint density at radius 3 is 2.63 bits per heavy atom. The summed E-state index contributed by atoms with van der Waals surface area (Å²) >= 11 is 0. The van der Waals surface area contributed by atoms with Gasteiger partial charge in [0.25, 0.3) is 0 Å². The Morgan fingerprint density at radius 2 is 1.97 bits per heavy atom. The van der Waals surface area contributed by atoms with Crippen molar-refractivity contribution in [2.75, 3.05) is 23.9 Å². The van der Waals surface area contributed by atoms with E-state index < -0.39 is 15.4 Å². The lowest BCUT2D eigenvalue weighted by molar-refractivity contribution is -0.128. The summed E-state index contributed by atoms with van der Waals surface area (Å²) in [7, 11) is -1.28. The summed E-state index contributed by atoms with van der Waals surface area (Å²) in [5.74, 6) is 0.503. The topological polar surface area (TPSA) is 127 Å². The summed E-state index contributed by atoms with van der Waals surface area (Å²) in [6.45, 7) is 4.72. The molecule has 1 saturated carbocycles. The fourth-order valence-electron chi connectivity index (χ4n) is 5.56. The van der Waals surface area contributed by atoms with Crippen molar-refractivity contribution < 1.29 is 18.0 Å². The summed E-state index contributed by atoms with van der Waals surface area (Å²) in [5.41, 5.74) is 7.01. The molecule has 1 spiro atoms. The fraction of sp³-hybridized carbons (Fsp3) is 0.625. The number of hydroxylamine groups is 1. The van der Waals surface area contributed by atoms with Crippen LogP contribution in [0.15, 0.2) is 12.3 Å². The number of rotatable bonds is 5. The lowest BCUT2D eigenvalue weighted by atomic mass is 9.78. The van der Waals surface area contributed by atoms with Crippen LogP contribution in [0.4, 0.5) is 5.69 Å². The maximum absolute atomic E-state index is 12.1. The van der Waals surface area contributed by atoms with Gasteiger partial charge < -0.3 is 10.6 Å². The first-order valence-corrected chi connectivity index (χ1v) is 14.3. The number of pyridine rings is 1. The predicted octanol–water partition coefficient (Wildman–Crippen LogP) is 2.30. The molecule has 1 aliphatic carbocycles. The molecule has 0 atom stereocenters. The van der Waals surface area contributed by atoms with E-state index in [4.69, 9.17) is 9.82 Å². The van der Waals surface area contributed by atoms with Crippen LogP contribution in [0, 0.1) is 12.8 Å². The van der Waals surface area contributed by atoms with E-state index in [1.54, 1.807) is 7.05 Å². The Balaban J connectivity index is 1.49. The van der Waals surface area contributed by atoms with Crippen LogP contribution in [-0.2, 0) is 26.0 Å². The second-order valence-electron chi connectivity index (χ2n) is 9.93. The third-order valence-electron chi connectivity index (χ3n) is 7.65. The van der Waals surface area contributed by atoms with Crippen LogP contribution in [-0.4, -0.2) is 59.3 Å². The first-order chi connectivity index (χ1) is 16.7. The molecule has 2 aliphatic heterocycles. The molecule has 190 valence electrons. The van der Waals surface area contributed by atoms with Crippen LogP contribution in [0.2, 0.25) is 0 Å². The molecule has 0 unspecified atom stereocenters. The zero-order chi connectivity index (χ0) is 24.8. The van der Waals surface area contributed by atoms with E-state index in [1.165, 1.54) is 0 Å². The molecule has 1 saturated heterocycles. The van der Waals surface area contributed by atoms with Gasteiger partial charge in [-0.05, 0) is 58.4 Å². The second-order valence-corrected chi connectivity index (χ2v) is 12.2. The van der Waals surface area contributed by atoms with Crippen molar-refractivity contribution in [1.29, 1.82) is 0 Å². The molecule has 3 N–H and O–H groups in total. The van der Waals surface area contributed by atoms with E-state index in [0.29, 0.717) is 19.4 Å². The van der Waals surface area contributed by atoms with Gasteiger partial charge in [-0.15, -0.1) is 0 Å². The minimum absolute atomic E-state index is 0.0204. The van der Waals surface area contributed by atoms with Gasteiger partial charge in [-0.25, -0.2) is 18.1 Å². The third-order valence-corrected chi connectivity index (χ3v) is 9.36. The van der Waals surface area contributed by atoms with E-state index in [2.05, 4.69) is 27.3 Å². The van der Waals surface area contributed by atoms with Gasteiger partial charge in [-0.3, -0.25) is 15.1 Å². The first-order valence-electron chi connectivity index (χ1n) is 12.5. The lowest BCUT2D eigenvalue weighted by Gasteiger charge is -2.33. The third kappa shape index (κ3) is 4.51. The molecule has 0 radical (unpaired) electrons. The number of aryl methyl sites for hydroxylation is 2. The van der Waals surface area contributed by atoms with E-state index in [1.807, 2.05) is 24.7 Å². The first kappa shape index (κ1) is 24.1. The monoisotopic (exact) mass is 502 g/mol. The van der Waals surface area contributed by atoms with Crippen molar-refractivity contribution in [2.24, 2.45) is 5.92 Å². The standard InChI is InChI=1S/C24H34N6O4S/c1-4-30-22-20(15(2)28-30)21(27-17-7-11-35(32,33)12-8-17)18(14-26-22)19-13-24(34-29-19)9-5-16(6-10-24)23(31)25-3/h13-14,16-17,29H,4-12H2,1-3H3,(H,25,31)(H,26,27). The van der Waals surface area contributed by atoms with E-state index in [9.17, 15) is 13.2 Å². The van der Waals surface area contributed by atoms with Crippen LogP contribution in [0.1, 0.15) is 56.7 Å². The molecule has 2 aromatic heterocycles. The van der Waals surface area contributed by atoms with Crippen molar-refractivity contribution in [3.05, 3.63) is 23.5 Å². The molecule has 0 aromatic carbocycles. The number of hydrogen-bond acceptors (Lipinski definition) is 8. The number of hydrogen-bond donors (Lipinski definition) is 3. The predicted molar refractivity (Wildman–Crippen MR) is 134 cm³/mol. The molecule has 2 aromatic rings. The minimum Gasteiger partial charge on any atom is -0.381 e. The number of sulfone groups is 1. The zero-order valence-electron chi connectivity index (χ0n) is 20.6. The highest BCUT2D eigenvalue weighted by atomic mass is 32.2. The molecule has 0 bridgehead atoms. The van der Waals surface area contributed by atoms with Crippen molar-refractivity contribution in [2.45, 2.75) is 70.6 Å². The SMILES string of the molecule is CCn1nc(C)c2c(NC3CCS(=O)(=O)CC3)c(C3=CC4(CCC(C(=O)NC)CC4)ON3)cnc21. The molecular formula is C24H34N6O4S. The number of amides is 1. The van der Waals surface area contributed by atoms with Crippen molar-refractivity contribution in [3.63, 3.8) is 0 Å².